The first-order valence-electron chi connectivity index (χ1n) is 9.27. The molecule has 7 heteroatoms. The van der Waals surface area contributed by atoms with Gasteiger partial charge in [0.15, 0.2) is 0 Å². The molecule has 152 valence electrons. The monoisotopic (exact) mass is 389 g/mol. The van der Waals surface area contributed by atoms with E-state index in [0.29, 0.717) is 12.0 Å². The molecule has 0 aliphatic carbocycles. The van der Waals surface area contributed by atoms with Crippen LogP contribution in [0.25, 0.3) is 6.08 Å². The summed E-state index contributed by atoms with van der Waals surface area (Å²) in [5, 5.41) is 2.71. The highest BCUT2D eigenvalue weighted by molar-refractivity contribution is 5.79. The van der Waals surface area contributed by atoms with Crippen molar-refractivity contribution in [2.75, 3.05) is 6.61 Å². The van der Waals surface area contributed by atoms with Crippen LogP contribution in [0.15, 0.2) is 36.0 Å². The number of amides is 1. The van der Waals surface area contributed by atoms with E-state index in [1.54, 1.807) is 33.8 Å². The van der Waals surface area contributed by atoms with Gasteiger partial charge in [-0.2, -0.15) is 0 Å². The van der Waals surface area contributed by atoms with Crippen molar-refractivity contribution in [1.82, 2.24) is 5.32 Å². The number of esters is 1. The molecule has 1 aromatic carbocycles. The van der Waals surface area contributed by atoms with E-state index >= 15 is 0 Å². The lowest BCUT2D eigenvalue weighted by atomic mass is 9.98. The van der Waals surface area contributed by atoms with Crippen LogP contribution in [-0.4, -0.2) is 42.8 Å². The molecule has 1 aromatic rings. The van der Waals surface area contributed by atoms with Crippen molar-refractivity contribution in [2.24, 2.45) is 5.92 Å². The largest absolute Gasteiger partial charge is 0.466 e. The number of carbonyl (C=O) groups is 3. The Morgan fingerprint density at radius 3 is 2.50 bits per heavy atom. The van der Waals surface area contributed by atoms with E-state index < -0.39 is 35.8 Å². The maximum absolute atomic E-state index is 12.3. The topological polar surface area (TPSA) is 90.9 Å². The molecule has 1 N–H and O–H groups in total. The summed E-state index contributed by atoms with van der Waals surface area (Å²) < 4.78 is 16.1. The van der Waals surface area contributed by atoms with Crippen molar-refractivity contribution in [3.8, 4) is 0 Å². The molecule has 3 atom stereocenters. The van der Waals surface area contributed by atoms with Crippen LogP contribution in [0.1, 0.15) is 39.7 Å². The zero-order chi connectivity index (χ0) is 20.7. The third-order valence-corrected chi connectivity index (χ3v) is 4.02. The number of hydrogen-bond acceptors (Lipinski definition) is 6. The third-order valence-electron chi connectivity index (χ3n) is 4.02. The van der Waals surface area contributed by atoms with Crippen molar-refractivity contribution < 1.29 is 28.6 Å². The summed E-state index contributed by atoms with van der Waals surface area (Å²) in [6.45, 7) is 7.20. The maximum atomic E-state index is 12.3. The normalized spacial score (nSPS) is 22.4. The lowest BCUT2D eigenvalue weighted by Gasteiger charge is -2.22. The minimum atomic E-state index is -0.927. The minimum absolute atomic E-state index is 0.217. The number of aldehydes is 1. The Hall–Kier alpha value is -2.67. The second-order valence-corrected chi connectivity index (χ2v) is 7.46. The van der Waals surface area contributed by atoms with Crippen LogP contribution >= 0.6 is 0 Å². The summed E-state index contributed by atoms with van der Waals surface area (Å²) in [4.78, 5) is 35.9. The first-order chi connectivity index (χ1) is 13.2. The zero-order valence-corrected chi connectivity index (χ0v) is 16.6. The lowest BCUT2D eigenvalue weighted by Crippen LogP contribution is -2.35. The molecule has 0 spiro atoms. The van der Waals surface area contributed by atoms with Gasteiger partial charge in [0.2, 0.25) is 0 Å². The molecule has 7 nitrogen and oxygen atoms in total. The Morgan fingerprint density at radius 2 is 1.93 bits per heavy atom. The van der Waals surface area contributed by atoms with E-state index in [9.17, 15) is 14.4 Å². The standard InChI is InChI=1S/C21H27NO6/c1-5-26-19(24)15-12-17(27-18(15)13-23)16(11-14-9-7-6-8-10-14)22-20(25)28-21(2,3)4/h6-11,13,15,17-18H,5,12H2,1-4H3,(H,22,25)/t15-,17-,18+/m0/s1. The van der Waals surface area contributed by atoms with E-state index in [2.05, 4.69) is 5.32 Å². The van der Waals surface area contributed by atoms with Gasteiger partial charge in [0.25, 0.3) is 0 Å². The lowest BCUT2D eigenvalue weighted by molar-refractivity contribution is -0.151. The molecule has 0 bridgehead atoms. The van der Waals surface area contributed by atoms with Gasteiger partial charge in [0.05, 0.1) is 24.3 Å². The van der Waals surface area contributed by atoms with Gasteiger partial charge in [0, 0.05) is 0 Å². The summed E-state index contributed by atoms with van der Waals surface area (Å²) >= 11 is 0. The molecule has 1 heterocycles. The van der Waals surface area contributed by atoms with Gasteiger partial charge >= 0.3 is 12.1 Å². The number of alkyl carbamates (subject to hydrolysis) is 1. The molecule has 28 heavy (non-hydrogen) atoms. The Labute approximate surface area is 165 Å². The highest BCUT2D eigenvalue weighted by Gasteiger charge is 2.42. The number of ether oxygens (including phenoxy) is 3. The van der Waals surface area contributed by atoms with Gasteiger partial charge in [-0.3, -0.25) is 10.1 Å². The number of rotatable bonds is 6. The first-order valence-corrected chi connectivity index (χ1v) is 9.27. The predicted molar refractivity (Wildman–Crippen MR) is 103 cm³/mol. The fraction of sp³-hybridized carbons (Fsp3) is 0.476. The van der Waals surface area contributed by atoms with Crippen molar-refractivity contribution >= 4 is 24.4 Å². The van der Waals surface area contributed by atoms with Gasteiger partial charge in [-0.05, 0) is 45.8 Å². The molecule has 0 saturated carbocycles. The summed E-state index contributed by atoms with van der Waals surface area (Å²) in [7, 11) is 0. The van der Waals surface area contributed by atoms with E-state index in [0.717, 1.165) is 5.56 Å². The number of hydrogen-bond donors (Lipinski definition) is 1. The third kappa shape index (κ3) is 6.20. The predicted octanol–water partition coefficient (Wildman–Crippen LogP) is 3.09. The molecular weight excluding hydrogens is 362 g/mol. The van der Waals surface area contributed by atoms with Crippen LogP contribution in [0.5, 0.6) is 0 Å². The zero-order valence-electron chi connectivity index (χ0n) is 16.6. The van der Waals surface area contributed by atoms with E-state index in [1.807, 2.05) is 30.3 Å². The molecule has 0 aromatic heterocycles. The molecule has 1 aliphatic rings. The second-order valence-electron chi connectivity index (χ2n) is 7.46. The first kappa shape index (κ1) is 21.6. The Bertz CT molecular complexity index is 722. The van der Waals surface area contributed by atoms with Crippen molar-refractivity contribution in [2.45, 2.75) is 51.9 Å². The van der Waals surface area contributed by atoms with Crippen LogP contribution in [0.4, 0.5) is 4.79 Å². The van der Waals surface area contributed by atoms with E-state index in [4.69, 9.17) is 14.2 Å². The molecule has 1 saturated heterocycles. The number of carbonyl (C=O) groups excluding carboxylic acids is 3. The summed E-state index contributed by atoms with van der Waals surface area (Å²) in [6.07, 6.45) is 0.331. The molecule has 1 fully saturated rings. The highest BCUT2D eigenvalue weighted by atomic mass is 16.6. The quantitative estimate of drug-likeness (QED) is 0.594. The maximum Gasteiger partial charge on any atom is 0.411 e. The van der Waals surface area contributed by atoms with Gasteiger partial charge < -0.3 is 19.0 Å². The van der Waals surface area contributed by atoms with Crippen molar-refractivity contribution in [3.63, 3.8) is 0 Å². The van der Waals surface area contributed by atoms with Crippen LogP contribution in [0.2, 0.25) is 0 Å². The fourth-order valence-corrected chi connectivity index (χ4v) is 2.87. The molecule has 1 aliphatic heterocycles. The Balaban J connectivity index is 2.26. The van der Waals surface area contributed by atoms with Crippen LogP contribution in [0, 0.1) is 5.92 Å². The molecular formula is C21H27NO6. The van der Waals surface area contributed by atoms with Crippen LogP contribution in [0.3, 0.4) is 0 Å². The smallest absolute Gasteiger partial charge is 0.411 e. The molecule has 0 radical (unpaired) electrons. The summed E-state index contributed by atoms with van der Waals surface area (Å²) in [5.74, 6) is -1.21. The van der Waals surface area contributed by atoms with Gasteiger partial charge in [0.1, 0.15) is 18.0 Å². The second kappa shape index (κ2) is 9.50. The molecule has 1 amide bonds. The van der Waals surface area contributed by atoms with Crippen LogP contribution in [-0.2, 0) is 23.8 Å². The Kier molecular flexibility index (Phi) is 7.34. The van der Waals surface area contributed by atoms with Crippen molar-refractivity contribution in [3.05, 3.63) is 41.6 Å². The van der Waals surface area contributed by atoms with Crippen LogP contribution < -0.4 is 5.32 Å². The molecule has 0 unspecified atom stereocenters. The van der Waals surface area contributed by atoms with Gasteiger partial charge in [-0.1, -0.05) is 30.3 Å². The summed E-state index contributed by atoms with van der Waals surface area (Å²) in [6, 6.07) is 9.34. The average Bonchev–Trinajstić information content (AvgIpc) is 3.05. The number of benzene rings is 1. The highest BCUT2D eigenvalue weighted by Crippen LogP contribution is 2.31. The van der Waals surface area contributed by atoms with Gasteiger partial charge in [-0.15, -0.1) is 0 Å². The summed E-state index contributed by atoms with van der Waals surface area (Å²) in [5.41, 5.74) is 0.579. The minimum Gasteiger partial charge on any atom is -0.466 e. The average molecular weight is 389 g/mol. The van der Waals surface area contributed by atoms with E-state index in [1.165, 1.54) is 0 Å². The van der Waals surface area contributed by atoms with E-state index in [-0.39, 0.29) is 13.0 Å². The fourth-order valence-electron chi connectivity index (χ4n) is 2.87. The van der Waals surface area contributed by atoms with Crippen molar-refractivity contribution in [1.29, 1.82) is 0 Å². The SMILES string of the molecule is CCOC(=O)[C@H]1C[C@@H](C(=Cc2ccccc2)NC(=O)OC(C)(C)C)O[C@@H]1C=O. The molecule has 2 rings (SSSR count). The number of nitrogens with one attached hydrogen (secondary N) is 1. The van der Waals surface area contributed by atoms with Gasteiger partial charge in [-0.25, -0.2) is 4.79 Å². The Morgan fingerprint density at radius 1 is 1.25 bits per heavy atom.